The quantitative estimate of drug-likeness (QED) is 0.455. The molecule has 0 aromatic rings. The minimum absolute atomic E-state index is 0. The molecule has 0 rings (SSSR count). The first-order chi connectivity index (χ1) is 1.00. The van der Waals surface area contributed by atoms with Gasteiger partial charge in [-0.05, 0) is 0 Å². The van der Waals surface area contributed by atoms with E-state index in [2.05, 4.69) is 0 Å². The Kier molecular flexibility index (Phi) is 114. The maximum absolute atomic E-state index is 8.39. The molecule has 1 radical (unpaired) electrons. The van der Waals surface area contributed by atoms with Crippen LogP contribution in [-0.4, -0.2) is 108 Å². The van der Waals surface area contributed by atoms with Gasteiger partial charge in [0.25, 0.3) is 0 Å². The van der Waals surface area contributed by atoms with Crippen molar-refractivity contribution in [3.05, 3.63) is 0 Å². The molecule has 0 heterocycles. The Hall–Kier alpha value is 3.94. The minimum Gasteiger partial charge on any atom is 2.00 e. The summed E-state index contributed by atoms with van der Waals surface area (Å²) in [5.74, 6) is 0. The molecule has 0 N–H and O–H groups in total. The second-order valence-corrected chi connectivity index (χ2v) is 0. The van der Waals surface area contributed by atoms with Crippen molar-refractivity contribution >= 4 is 108 Å². The van der Waals surface area contributed by atoms with Crippen LogP contribution in [0.25, 0.3) is 0 Å². The van der Waals surface area contributed by atoms with E-state index >= 15 is 0 Å². The zero-order valence-corrected chi connectivity index (χ0v) is 13.1. The predicted molar refractivity (Wildman–Crippen MR) is 23.8 cm³/mol. The Morgan fingerprint density at radius 2 is 1.40 bits per heavy atom. The average molecular weight is 421 g/mol. The van der Waals surface area contributed by atoms with Gasteiger partial charge in [0.05, 0.1) is 0 Å². The van der Waals surface area contributed by atoms with Crippen LogP contribution >= 0.6 is 0 Å². The molecule has 0 bridgehead atoms. The first kappa shape index (κ1) is 23.1. The monoisotopic (exact) mass is 421 g/mol. The van der Waals surface area contributed by atoms with Crippen LogP contribution < -0.4 is 0 Å². The van der Waals surface area contributed by atoms with E-state index < -0.39 is 0 Å². The van der Waals surface area contributed by atoms with Crippen molar-refractivity contribution in [2.45, 2.75) is 0 Å². The molecule has 5 heavy (non-hydrogen) atoms. The summed E-state index contributed by atoms with van der Waals surface area (Å²) < 4.78 is 8.39. The molecule has 5 heteroatoms. The Balaban J connectivity index is -0.000000000238. The minimum atomic E-state index is 0. The summed E-state index contributed by atoms with van der Waals surface area (Å²) in [4.78, 5) is 0. The summed E-state index contributed by atoms with van der Waals surface area (Å²) >= 11 is 0.0556. The first-order valence-electron chi connectivity index (χ1n) is 0.204. The summed E-state index contributed by atoms with van der Waals surface area (Å²) in [7, 11) is 0. The third kappa shape index (κ3) is 18.0. The van der Waals surface area contributed by atoms with Crippen LogP contribution in [0, 0.1) is 0 Å². The number of rotatable bonds is 0. The van der Waals surface area contributed by atoms with Crippen LogP contribution in [0.2, 0.25) is 0 Å². The molecule has 0 fully saturated rings. The van der Waals surface area contributed by atoms with Crippen molar-refractivity contribution in [3.63, 3.8) is 0 Å². The van der Waals surface area contributed by atoms with Gasteiger partial charge in [-0.25, -0.2) is 0 Å². The summed E-state index contributed by atoms with van der Waals surface area (Å²) in [6, 6.07) is 0. The van der Waals surface area contributed by atoms with E-state index in [0.29, 0.717) is 0 Å². The maximum Gasteiger partial charge on any atom is 2.00 e. The van der Waals surface area contributed by atoms with Gasteiger partial charge in [-0.1, -0.05) is 0 Å². The molecule has 0 aliphatic rings. The second-order valence-electron chi connectivity index (χ2n) is 0. The fourth-order valence-corrected chi connectivity index (χ4v) is 0. The molecule has 31 valence electrons. The zero-order chi connectivity index (χ0) is 2.00. The molecule has 0 saturated carbocycles. The van der Waals surface area contributed by atoms with Crippen LogP contribution in [0.1, 0.15) is 5.71 Å². The molecule has 0 spiro atoms. The van der Waals surface area contributed by atoms with Crippen molar-refractivity contribution in [1.82, 2.24) is 0 Å². The zero-order valence-electron chi connectivity index (χ0n) is 6.62. The number of hydrogen-bond acceptors (Lipinski definition) is 1. The molecule has 0 aliphatic carbocycles. The van der Waals surface area contributed by atoms with Gasteiger partial charge in [0.15, 0.2) is 0 Å². The Morgan fingerprint density at radius 1 is 1.40 bits per heavy atom. The summed E-state index contributed by atoms with van der Waals surface area (Å²) in [5, 5.41) is 0. The van der Waals surface area contributed by atoms with E-state index in [-0.39, 0.29) is 131 Å². The van der Waals surface area contributed by atoms with Gasteiger partial charge in [0, 0.05) is 17.1 Å². The van der Waals surface area contributed by atoms with Gasteiger partial charge in [0.1, 0.15) is 0 Å². The Morgan fingerprint density at radius 3 is 1.40 bits per heavy atom. The van der Waals surface area contributed by atoms with E-state index in [1.807, 2.05) is 0 Å². The van der Waals surface area contributed by atoms with Gasteiger partial charge in [-0.15, -0.1) is 0 Å². The molecule has 1 nitrogen and oxygen atoms in total. The number of hydrogen-bond donors (Lipinski definition) is 0. The van der Waals surface area contributed by atoms with Crippen molar-refractivity contribution < 1.29 is 25.6 Å². The topological polar surface area (TPSA) is 17.1 Å². The first-order valence-corrected chi connectivity index (χ1v) is 1.79. The van der Waals surface area contributed by atoms with E-state index in [9.17, 15) is 0 Å². The van der Waals surface area contributed by atoms with Gasteiger partial charge < -0.3 is 5.71 Å². The van der Waals surface area contributed by atoms with Gasteiger partial charge in [-0.2, -0.15) is 0 Å². The van der Waals surface area contributed by atoms with Crippen LogP contribution in [0.4, 0.5) is 0 Å². The van der Waals surface area contributed by atoms with E-state index in [4.69, 9.17) is 2.81 Å². The molecule has 0 aromatic heterocycles. The molecule has 0 amide bonds. The largest absolute Gasteiger partial charge is 2.00 e. The fourth-order valence-electron chi connectivity index (χ4n) is 0. The van der Waals surface area contributed by atoms with Crippen LogP contribution in [0.15, 0.2) is 0 Å². The van der Waals surface area contributed by atoms with Crippen molar-refractivity contribution in [2.24, 2.45) is 0 Å². The van der Waals surface area contributed by atoms with E-state index in [1.54, 1.807) is 0 Å². The van der Waals surface area contributed by atoms with Gasteiger partial charge in [0.2, 0.25) is 0 Å². The third-order valence-electron chi connectivity index (χ3n) is 0. The molecule has 0 saturated heterocycles. The van der Waals surface area contributed by atoms with Crippen molar-refractivity contribution in [2.75, 3.05) is 0 Å². The molecule has 0 aromatic carbocycles. The second kappa shape index (κ2) is 24.6. The smallest absolute Gasteiger partial charge is 2.00 e. The molecule has 0 aliphatic heterocycles. The standard InChI is InChI=1S/Bi.Ca.Cu.O.Sr.5H/q;+2;;;+2;;4*-1. The van der Waals surface area contributed by atoms with Gasteiger partial charge in [-0.3, -0.25) is 0 Å². The van der Waals surface area contributed by atoms with E-state index in [1.165, 1.54) is 0 Å². The summed E-state index contributed by atoms with van der Waals surface area (Å²) in [5.41, 5.74) is 0. The van der Waals surface area contributed by atoms with Gasteiger partial charge >= 0.3 is 111 Å². The van der Waals surface area contributed by atoms with Crippen molar-refractivity contribution in [3.8, 4) is 0 Å². The molecular weight excluding hydrogens is 416 g/mol. The average Bonchev–Trinajstić information content (AvgIpc) is 1.00. The van der Waals surface area contributed by atoms with Crippen molar-refractivity contribution in [1.29, 1.82) is 0 Å². The SMILES string of the molecule is [Ca+2].[Cu].[H-].[H-].[H-].[H-].[O]=[BiH].[Sr+2]. The molecular formula is H5BiCaCuOSr. The fraction of sp³-hybridized carbons (Fsp3) is 0. The molecule has 0 unspecified atom stereocenters. The third-order valence-corrected chi connectivity index (χ3v) is 0. The van der Waals surface area contributed by atoms with Crippen LogP contribution in [-0.2, 0) is 19.9 Å². The van der Waals surface area contributed by atoms with E-state index in [0.717, 1.165) is 0 Å². The Bertz CT molecular complexity index is 20.5. The molecule has 0 atom stereocenters. The predicted octanol–water partition coefficient (Wildman–Crippen LogP) is -1.08. The summed E-state index contributed by atoms with van der Waals surface area (Å²) in [6.07, 6.45) is 0. The summed E-state index contributed by atoms with van der Waals surface area (Å²) in [6.45, 7) is 0. The Labute approximate surface area is 130 Å². The maximum atomic E-state index is 8.39. The van der Waals surface area contributed by atoms with Crippen LogP contribution in [0.3, 0.4) is 0 Å². The normalized spacial score (nSPS) is 0.800. The van der Waals surface area contributed by atoms with Crippen LogP contribution in [0.5, 0.6) is 0 Å².